The van der Waals surface area contributed by atoms with Crippen LogP contribution >= 0.6 is 11.3 Å². The van der Waals surface area contributed by atoms with Gasteiger partial charge in [-0.3, -0.25) is 4.79 Å². The predicted molar refractivity (Wildman–Crippen MR) is 76.3 cm³/mol. The number of ether oxygens (including phenoxy) is 2. The summed E-state index contributed by atoms with van der Waals surface area (Å²) in [5.41, 5.74) is 0.944. The molecule has 0 fully saturated rings. The number of benzene rings is 1. The Labute approximate surface area is 116 Å². The van der Waals surface area contributed by atoms with Gasteiger partial charge in [-0.1, -0.05) is 12.1 Å². The van der Waals surface area contributed by atoms with E-state index in [-0.39, 0.29) is 5.78 Å². The van der Waals surface area contributed by atoms with E-state index in [1.807, 2.05) is 35.7 Å². The fraction of sp³-hybridized carbons (Fsp3) is 0.267. The molecular weight excluding hydrogens is 260 g/mol. The Morgan fingerprint density at radius 1 is 1.11 bits per heavy atom. The van der Waals surface area contributed by atoms with E-state index in [4.69, 9.17) is 9.47 Å². The molecule has 0 radical (unpaired) electrons. The molecule has 0 saturated carbocycles. The van der Waals surface area contributed by atoms with Crippen LogP contribution in [-0.4, -0.2) is 20.0 Å². The van der Waals surface area contributed by atoms with Crippen LogP contribution in [-0.2, 0) is 17.6 Å². The van der Waals surface area contributed by atoms with Crippen LogP contribution in [0.4, 0.5) is 0 Å². The molecule has 2 rings (SSSR count). The molecule has 3 nitrogen and oxygen atoms in total. The van der Waals surface area contributed by atoms with E-state index in [0.717, 1.165) is 10.4 Å². The molecule has 0 saturated heterocycles. The van der Waals surface area contributed by atoms with Gasteiger partial charge in [-0.25, -0.2) is 0 Å². The quantitative estimate of drug-likeness (QED) is 0.813. The Hall–Kier alpha value is -1.81. The van der Waals surface area contributed by atoms with E-state index >= 15 is 0 Å². The van der Waals surface area contributed by atoms with Crippen molar-refractivity contribution in [2.75, 3.05) is 14.2 Å². The van der Waals surface area contributed by atoms with Gasteiger partial charge in [0.2, 0.25) is 0 Å². The summed E-state index contributed by atoms with van der Waals surface area (Å²) in [6, 6.07) is 9.52. The number of methoxy groups -OCH3 is 2. The normalized spacial score (nSPS) is 10.2. The number of thiophene rings is 1. The number of carbonyl (C=O) groups excluding carboxylic acids is 1. The molecule has 0 unspecified atom stereocenters. The summed E-state index contributed by atoms with van der Waals surface area (Å²) >= 11 is 1.61. The molecule has 1 heterocycles. The van der Waals surface area contributed by atoms with E-state index < -0.39 is 0 Å². The van der Waals surface area contributed by atoms with Gasteiger partial charge in [-0.15, -0.1) is 11.3 Å². The predicted octanol–water partition coefficient (Wildman–Crippen LogP) is 3.12. The van der Waals surface area contributed by atoms with Crippen molar-refractivity contribution in [1.82, 2.24) is 0 Å². The van der Waals surface area contributed by atoms with Gasteiger partial charge in [0.05, 0.1) is 14.2 Å². The largest absolute Gasteiger partial charge is 0.493 e. The van der Waals surface area contributed by atoms with Crippen LogP contribution in [0.5, 0.6) is 11.5 Å². The third kappa shape index (κ3) is 3.58. The van der Waals surface area contributed by atoms with Crippen molar-refractivity contribution in [2.24, 2.45) is 0 Å². The number of rotatable bonds is 6. The summed E-state index contributed by atoms with van der Waals surface area (Å²) in [6.07, 6.45) is 0.907. The van der Waals surface area contributed by atoms with Gasteiger partial charge in [0.15, 0.2) is 11.5 Å². The second-order valence-electron chi connectivity index (χ2n) is 4.16. The summed E-state index contributed by atoms with van der Waals surface area (Å²) in [5, 5.41) is 1.99. The summed E-state index contributed by atoms with van der Waals surface area (Å²) < 4.78 is 10.4. The zero-order valence-corrected chi connectivity index (χ0v) is 11.8. The molecule has 1 aromatic heterocycles. The van der Waals surface area contributed by atoms with Crippen molar-refractivity contribution in [3.05, 3.63) is 46.2 Å². The second-order valence-corrected chi connectivity index (χ2v) is 5.19. The lowest BCUT2D eigenvalue weighted by Crippen LogP contribution is -2.05. The molecule has 0 atom stereocenters. The maximum atomic E-state index is 12.0. The molecule has 0 aliphatic heterocycles. The van der Waals surface area contributed by atoms with Crippen molar-refractivity contribution in [2.45, 2.75) is 12.8 Å². The van der Waals surface area contributed by atoms with E-state index in [1.54, 1.807) is 25.6 Å². The van der Waals surface area contributed by atoms with Crippen LogP contribution in [0.3, 0.4) is 0 Å². The SMILES string of the molecule is COc1ccc(CC(=O)Cc2cccs2)cc1OC. The molecule has 0 N–H and O–H groups in total. The molecule has 19 heavy (non-hydrogen) atoms. The minimum absolute atomic E-state index is 0.203. The van der Waals surface area contributed by atoms with E-state index in [1.165, 1.54) is 0 Å². The van der Waals surface area contributed by atoms with Gasteiger partial charge >= 0.3 is 0 Å². The van der Waals surface area contributed by atoms with Crippen LogP contribution in [0, 0.1) is 0 Å². The lowest BCUT2D eigenvalue weighted by atomic mass is 10.1. The smallest absolute Gasteiger partial charge is 0.161 e. The highest BCUT2D eigenvalue weighted by atomic mass is 32.1. The molecule has 0 spiro atoms. The molecule has 1 aromatic carbocycles. The zero-order chi connectivity index (χ0) is 13.7. The summed E-state index contributed by atoms with van der Waals surface area (Å²) in [7, 11) is 3.19. The second kappa shape index (κ2) is 6.38. The zero-order valence-electron chi connectivity index (χ0n) is 11.0. The van der Waals surface area contributed by atoms with E-state index in [0.29, 0.717) is 24.3 Å². The fourth-order valence-corrected chi connectivity index (χ4v) is 2.62. The van der Waals surface area contributed by atoms with Crippen molar-refractivity contribution in [1.29, 1.82) is 0 Å². The Morgan fingerprint density at radius 3 is 2.53 bits per heavy atom. The van der Waals surface area contributed by atoms with Crippen LogP contribution in [0.15, 0.2) is 35.7 Å². The maximum absolute atomic E-state index is 12.0. The summed E-state index contributed by atoms with van der Waals surface area (Å²) in [4.78, 5) is 13.1. The molecule has 0 bridgehead atoms. The fourth-order valence-electron chi connectivity index (χ4n) is 1.89. The molecule has 100 valence electrons. The van der Waals surface area contributed by atoms with Crippen molar-refractivity contribution >= 4 is 17.1 Å². The van der Waals surface area contributed by atoms with Crippen LogP contribution in [0.2, 0.25) is 0 Å². The standard InChI is InChI=1S/C15H16O3S/c1-17-14-6-5-11(9-15(14)18-2)8-12(16)10-13-4-3-7-19-13/h3-7,9H,8,10H2,1-2H3. The third-order valence-electron chi connectivity index (χ3n) is 2.80. The van der Waals surface area contributed by atoms with Gasteiger partial charge in [0.1, 0.15) is 5.78 Å². The van der Waals surface area contributed by atoms with Crippen molar-refractivity contribution in [3.8, 4) is 11.5 Å². The minimum atomic E-state index is 0.203. The number of Topliss-reactive ketones (excluding diaryl/α,β-unsaturated/α-hetero) is 1. The first-order valence-electron chi connectivity index (χ1n) is 5.98. The van der Waals surface area contributed by atoms with Gasteiger partial charge in [0, 0.05) is 17.7 Å². The number of carbonyl (C=O) groups is 1. The summed E-state index contributed by atoms with van der Waals surface area (Å²) in [6.45, 7) is 0. The van der Waals surface area contributed by atoms with Crippen LogP contribution in [0.1, 0.15) is 10.4 Å². The average molecular weight is 276 g/mol. The van der Waals surface area contributed by atoms with Gasteiger partial charge in [-0.2, -0.15) is 0 Å². The van der Waals surface area contributed by atoms with Gasteiger partial charge < -0.3 is 9.47 Å². The Kier molecular flexibility index (Phi) is 4.58. The lowest BCUT2D eigenvalue weighted by Gasteiger charge is -2.09. The van der Waals surface area contributed by atoms with Gasteiger partial charge in [-0.05, 0) is 29.1 Å². The van der Waals surface area contributed by atoms with Gasteiger partial charge in [0.25, 0.3) is 0 Å². The molecular formula is C15H16O3S. The monoisotopic (exact) mass is 276 g/mol. The first-order chi connectivity index (χ1) is 9.22. The first-order valence-corrected chi connectivity index (χ1v) is 6.86. The minimum Gasteiger partial charge on any atom is -0.493 e. The highest BCUT2D eigenvalue weighted by Crippen LogP contribution is 2.27. The molecule has 0 aliphatic carbocycles. The number of ketones is 1. The highest BCUT2D eigenvalue weighted by Gasteiger charge is 2.09. The Balaban J connectivity index is 2.04. The molecule has 2 aromatic rings. The Morgan fingerprint density at radius 2 is 1.89 bits per heavy atom. The number of hydrogen-bond acceptors (Lipinski definition) is 4. The first kappa shape index (κ1) is 13.6. The molecule has 0 amide bonds. The highest BCUT2D eigenvalue weighted by molar-refractivity contribution is 7.10. The number of hydrogen-bond donors (Lipinski definition) is 0. The molecule has 0 aliphatic rings. The van der Waals surface area contributed by atoms with E-state index in [2.05, 4.69) is 0 Å². The van der Waals surface area contributed by atoms with Crippen molar-refractivity contribution < 1.29 is 14.3 Å². The lowest BCUT2D eigenvalue weighted by molar-refractivity contribution is -0.117. The summed E-state index contributed by atoms with van der Waals surface area (Å²) in [5.74, 6) is 1.54. The van der Waals surface area contributed by atoms with E-state index in [9.17, 15) is 4.79 Å². The molecule has 4 heteroatoms. The van der Waals surface area contributed by atoms with Crippen LogP contribution in [0.25, 0.3) is 0 Å². The third-order valence-corrected chi connectivity index (χ3v) is 3.68. The Bertz CT molecular complexity index is 547. The maximum Gasteiger partial charge on any atom is 0.161 e. The topological polar surface area (TPSA) is 35.5 Å². The van der Waals surface area contributed by atoms with Crippen molar-refractivity contribution in [3.63, 3.8) is 0 Å². The average Bonchev–Trinajstić information content (AvgIpc) is 2.91. The van der Waals surface area contributed by atoms with Crippen LogP contribution < -0.4 is 9.47 Å².